The Hall–Kier alpha value is -0.890. The van der Waals surface area contributed by atoms with Crippen LogP contribution >= 0.6 is 22.9 Å². The van der Waals surface area contributed by atoms with E-state index in [9.17, 15) is 18.0 Å². The molecule has 1 saturated carbocycles. The van der Waals surface area contributed by atoms with Gasteiger partial charge in [-0.05, 0) is 24.4 Å². The van der Waals surface area contributed by atoms with Crippen LogP contribution in [0.4, 0.5) is 13.2 Å². The maximum Gasteiger partial charge on any atom is 0.411 e. The van der Waals surface area contributed by atoms with Gasteiger partial charge in [0.25, 0.3) is 5.91 Å². The van der Waals surface area contributed by atoms with Gasteiger partial charge in [-0.2, -0.15) is 13.2 Å². The second-order valence-electron chi connectivity index (χ2n) is 3.39. The van der Waals surface area contributed by atoms with Crippen molar-refractivity contribution < 1.29 is 18.0 Å². The Bertz CT molecular complexity index is 429. The number of carbonyl (C=O) groups is 1. The van der Waals surface area contributed by atoms with E-state index in [4.69, 9.17) is 11.6 Å². The third-order valence-electron chi connectivity index (χ3n) is 2.24. The summed E-state index contributed by atoms with van der Waals surface area (Å²) in [5.74, 6) is -0.890. The van der Waals surface area contributed by atoms with E-state index in [0.29, 0.717) is 0 Å². The Kier molecular flexibility index (Phi) is 2.58. The minimum atomic E-state index is -4.43. The number of nitrogens with one attached hydrogen (secondary N) is 1. The third-order valence-corrected chi connectivity index (χ3v) is 3.26. The van der Waals surface area contributed by atoms with Crippen LogP contribution in [0, 0.1) is 0 Å². The van der Waals surface area contributed by atoms with Gasteiger partial charge in [-0.15, -0.1) is 10.2 Å². The van der Waals surface area contributed by atoms with E-state index in [1.165, 1.54) is 0 Å². The second kappa shape index (κ2) is 3.56. The highest BCUT2D eigenvalue weighted by molar-refractivity contribution is 7.17. The standard InChI is InChI=1S/C7H5ClF3N3OS/c8-5-14-13-4(16-5)3(15)12-6(1-2-6)7(9,10)11/h1-2H2,(H,12,15). The Morgan fingerprint density at radius 1 is 1.44 bits per heavy atom. The molecule has 0 aromatic carbocycles. The van der Waals surface area contributed by atoms with Crippen molar-refractivity contribution in [1.29, 1.82) is 0 Å². The average molecular weight is 272 g/mol. The molecule has 1 aromatic rings. The number of aromatic nitrogens is 2. The summed E-state index contributed by atoms with van der Waals surface area (Å²) in [6.45, 7) is 0. The van der Waals surface area contributed by atoms with Crippen molar-refractivity contribution in [3.05, 3.63) is 9.47 Å². The molecular formula is C7H5ClF3N3OS. The normalized spacial score (nSPS) is 18.2. The number of amides is 1. The van der Waals surface area contributed by atoms with E-state index >= 15 is 0 Å². The largest absolute Gasteiger partial charge is 0.411 e. The number of halogens is 4. The first-order chi connectivity index (χ1) is 7.34. The van der Waals surface area contributed by atoms with Crippen molar-refractivity contribution in [3.8, 4) is 0 Å². The number of hydrogen-bond donors (Lipinski definition) is 1. The van der Waals surface area contributed by atoms with Gasteiger partial charge in [0.1, 0.15) is 5.54 Å². The molecule has 0 atom stereocenters. The van der Waals surface area contributed by atoms with Crippen LogP contribution in [0.1, 0.15) is 22.6 Å². The molecule has 9 heteroatoms. The van der Waals surface area contributed by atoms with Gasteiger partial charge in [-0.1, -0.05) is 11.3 Å². The lowest BCUT2D eigenvalue weighted by Gasteiger charge is -2.19. The van der Waals surface area contributed by atoms with Crippen LogP contribution in [0.25, 0.3) is 0 Å². The molecule has 0 saturated heterocycles. The molecule has 1 fully saturated rings. The van der Waals surface area contributed by atoms with Crippen LogP contribution in [0.5, 0.6) is 0 Å². The van der Waals surface area contributed by atoms with Gasteiger partial charge in [0.15, 0.2) is 0 Å². The van der Waals surface area contributed by atoms with Crippen molar-refractivity contribution in [2.75, 3.05) is 0 Å². The molecule has 0 bridgehead atoms. The lowest BCUT2D eigenvalue weighted by Crippen LogP contribution is -2.47. The summed E-state index contributed by atoms with van der Waals surface area (Å²) in [7, 11) is 0. The Balaban J connectivity index is 2.09. The zero-order valence-electron chi connectivity index (χ0n) is 7.64. The van der Waals surface area contributed by atoms with Crippen molar-refractivity contribution in [2.24, 2.45) is 0 Å². The molecular weight excluding hydrogens is 267 g/mol. The molecule has 1 amide bonds. The summed E-state index contributed by atoms with van der Waals surface area (Å²) in [4.78, 5) is 11.4. The fraction of sp³-hybridized carbons (Fsp3) is 0.571. The van der Waals surface area contributed by atoms with Gasteiger partial charge in [-0.25, -0.2) is 0 Å². The van der Waals surface area contributed by atoms with E-state index in [-0.39, 0.29) is 22.3 Å². The summed E-state index contributed by atoms with van der Waals surface area (Å²) in [6.07, 6.45) is -4.64. The monoisotopic (exact) mass is 271 g/mol. The van der Waals surface area contributed by atoms with E-state index < -0.39 is 17.6 Å². The molecule has 4 nitrogen and oxygen atoms in total. The highest BCUT2D eigenvalue weighted by atomic mass is 35.5. The summed E-state index contributed by atoms with van der Waals surface area (Å²) < 4.78 is 37.5. The molecule has 0 aliphatic heterocycles. The van der Waals surface area contributed by atoms with Crippen LogP contribution in [-0.4, -0.2) is 27.8 Å². The maximum atomic E-state index is 12.5. The number of rotatable bonds is 2. The highest BCUT2D eigenvalue weighted by Crippen LogP contribution is 2.49. The molecule has 1 aliphatic carbocycles. The molecule has 16 heavy (non-hydrogen) atoms. The molecule has 1 aromatic heterocycles. The van der Waals surface area contributed by atoms with E-state index in [2.05, 4.69) is 10.2 Å². The zero-order chi connectivity index (χ0) is 12.0. The minimum absolute atomic E-state index is 0.0157. The second-order valence-corrected chi connectivity index (χ2v) is 4.95. The van der Waals surface area contributed by atoms with Gasteiger partial charge >= 0.3 is 6.18 Å². The number of alkyl halides is 3. The van der Waals surface area contributed by atoms with Crippen LogP contribution in [0.3, 0.4) is 0 Å². The van der Waals surface area contributed by atoms with Crippen LogP contribution in [0.15, 0.2) is 0 Å². The highest BCUT2D eigenvalue weighted by Gasteiger charge is 2.64. The molecule has 1 N–H and O–H groups in total. The van der Waals surface area contributed by atoms with Gasteiger partial charge in [0.2, 0.25) is 9.47 Å². The number of hydrogen-bond acceptors (Lipinski definition) is 4. The van der Waals surface area contributed by atoms with Gasteiger partial charge < -0.3 is 5.32 Å². The first kappa shape index (κ1) is 11.6. The van der Waals surface area contributed by atoms with E-state index in [1.54, 1.807) is 0 Å². The predicted molar refractivity (Wildman–Crippen MR) is 50.4 cm³/mol. The molecule has 0 spiro atoms. The van der Waals surface area contributed by atoms with Gasteiger partial charge in [0, 0.05) is 0 Å². The van der Waals surface area contributed by atoms with Crippen molar-refractivity contribution in [2.45, 2.75) is 24.6 Å². The Morgan fingerprint density at radius 2 is 2.06 bits per heavy atom. The molecule has 2 rings (SSSR count). The topological polar surface area (TPSA) is 54.9 Å². The molecule has 1 heterocycles. The lowest BCUT2D eigenvalue weighted by atomic mass is 10.2. The average Bonchev–Trinajstić information content (AvgIpc) is 2.81. The first-order valence-electron chi connectivity index (χ1n) is 4.22. The SMILES string of the molecule is O=C(NC1(C(F)(F)F)CC1)c1nnc(Cl)s1. The maximum absolute atomic E-state index is 12.5. The molecule has 0 radical (unpaired) electrons. The summed E-state index contributed by atoms with van der Waals surface area (Å²) in [5, 5.41) is 8.47. The fourth-order valence-corrected chi connectivity index (χ4v) is 1.90. The van der Waals surface area contributed by atoms with Crippen LogP contribution < -0.4 is 5.32 Å². The number of carbonyl (C=O) groups excluding carboxylic acids is 1. The van der Waals surface area contributed by atoms with Crippen LogP contribution in [0.2, 0.25) is 4.47 Å². The summed E-state index contributed by atoms with van der Waals surface area (Å²) in [5.41, 5.74) is -2.08. The van der Waals surface area contributed by atoms with Crippen molar-refractivity contribution in [3.63, 3.8) is 0 Å². The summed E-state index contributed by atoms with van der Waals surface area (Å²) in [6, 6.07) is 0. The quantitative estimate of drug-likeness (QED) is 0.895. The van der Waals surface area contributed by atoms with E-state index in [1.807, 2.05) is 5.32 Å². The Morgan fingerprint density at radius 3 is 2.44 bits per heavy atom. The first-order valence-corrected chi connectivity index (χ1v) is 5.42. The lowest BCUT2D eigenvalue weighted by molar-refractivity contribution is -0.163. The summed E-state index contributed by atoms with van der Waals surface area (Å²) >= 11 is 6.16. The van der Waals surface area contributed by atoms with Crippen molar-refractivity contribution in [1.82, 2.24) is 15.5 Å². The molecule has 88 valence electrons. The smallest absolute Gasteiger partial charge is 0.336 e. The Labute approximate surface area is 96.8 Å². The van der Waals surface area contributed by atoms with Gasteiger partial charge in [0.05, 0.1) is 0 Å². The molecule has 1 aliphatic rings. The molecule has 0 unspecified atom stereocenters. The fourth-order valence-electron chi connectivity index (χ4n) is 1.17. The van der Waals surface area contributed by atoms with Crippen molar-refractivity contribution >= 4 is 28.8 Å². The zero-order valence-corrected chi connectivity index (χ0v) is 9.21. The minimum Gasteiger partial charge on any atom is -0.336 e. The third kappa shape index (κ3) is 1.99. The van der Waals surface area contributed by atoms with E-state index in [0.717, 1.165) is 11.3 Å². The number of nitrogens with zero attached hydrogens (tertiary/aromatic N) is 2. The van der Waals surface area contributed by atoms with Crippen LogP contribution in [-0.2, 0) is 0 Å². The predicted octanol–water partition coefficient (Wildman–Crippen LogP) is 2.02. The van der Waals surface area contributed by atoms with Gasteiger partial charge in [-0.3, -0.25) is 4.79 Å².